The van der Waals surface area contributed by atoms with Crippen molar-refractivity contribution in [1.29, 1.82) is 0 Å². The average molecular weight is 260 g/mol. The molecular weight excluding hydrogens is 244 g/mol. The molecule has 0 radical (unpaired) electrons. The third kappa shape index (κ3) is 2.89. The number of hydrogen-bond acceptors (Lipinski definition) is 1. The lowest BCUT2D eigenvalue weighted by atomic mass is 10.1. The van der Waals surface area contributed by atoms with Gasteiger partial charge in [0.15, 0.2) is 5.82 Å². The van der Waals surface area contributed by atoms with Gasteiger partial charge in [-0.2, -0.15) is 0 Å². The zero-order valence-corrected chi connectivity index (χ0v) is 10.5. The third-order valence-corrected chi connectivity index (χ3v) is 3.77. The number of rotatable bonds is 3. The molecule has 0 bridgehead atoms. The molecule has 1 aromatic carbocycles. The van der Waals surface area contributed by atoms with Gasteiger partial charge < -0.3 is 5.32 Å². The molecule has 0 heterocycles. The second-order valence-electron chi connectivity index (χ2n) is 4.67. The molecule has 1 saturated carbocycles. The first-order chi connectivity index (χ1) is 8.10. The Labute approximate surface area is 105 Å². The van der Waals surface area contributed by atoms with Gasteiger partial charge in [-0.25, -0.2) is 8.78 Å². The van der Waals surface area contributed by atoms with Gasteiger partial charge in [-0.3, -0.25) is 0 Å². The fourth-order valence-electron chi connectivity index (χ4n) is 2.46. The standard InChI is InChI=1S/C13H16ClF2N/c1-2-8-3-4-10(5-8)17-13-11(14)6-9(15)7-12(13)16/h6-8,10,17H,2-5H2,1H3. The molecule has 4 heteroatoms. The SMILES string of the molecule is CCC1CCC(Nc2c(F)cc(F)cc2Cl)C1. The zero-order valence-electron chi connectivity index (χ0n) is 9.77. The molecule has 1 aromatic rings. The Kier molecular flexibility index (Phi) is 3.87. The van der Waals surface area contributed by atoms with Crippen molar-refractivity contribution < 1.29 is 8.78 Å². The molecule has 94 valence electrons. The van der Waals surface area contributed by atoms with Crippen molar-refractivity contribution in [2.45, 2.75) is 38.6 Å². The number of nitrogens with one attached hydrogen (secondary N) is 1. The van der Waals surface area contributed by atoms with Gasteiger partial charge in [-0.1, -0.05) is 24.9 Å². The first-order valence-electron chi connectivity index (χ1n) is 6.01. The summed E-state index contributed by atoms with van der Waals surface area (Å²) in [7, 11) is 0. The van der Waals surface area contributed by atoms with Crippen molar-refractivity contribution in [3.63, 3.8) is 0 Å². The Balaban J connectivity index is 2.09. The highest BCUT2D eigenvalue weighted by Gasteiger charge is 2.24. The lowest BCUT2D eigenvalue weighted by Gasteiger charge is -2.16. The largest absolute Gasteiger partial charge is 0.379 e. The fourth-order valence-corrected chi connectivity index (χ4v) is 2.71. The molecule has 1 fully saturated rings. The van der Waals surface area contributed by atoms with Crippen LogP contribution in [-0.4, -0.2) is 6.04 Å². The number of benzene rings is 1. The van der Waals surface area contributed by atoms with Gasteiger partial charge >= 0.3 is 0 Å². The molecule has 2 atom stereocenters. The molecule has 0 aliphatic heterocycles. The van der Waals surface area contributed by atoms with Crippen LogP contribution in [-0.2, 0) is 0 Å². The van der Waals surface area contributed by atoms with Crippen LogP contribution >= 0.6 is 11.6 Å². The van der Waals surface area contributed by atoms with Gasteiger partial charge in [0.2, 0.25) is 0 Å². The molecule has 2 unspecified atom stereocenters. The summed E-state index contributed by atoms with van der Waals surface area (Å²) in [6.45, 7) is 2.17. The summed E-state index contributed by atoms with van der Waals surface area (Å²) in [5, 5.41) is 3.21. The van der Waals surface area contributed by atoms with Gasteiger partial charge in [0.05, 0.1) is 10.7 Å². The van der Waals surface area contributed by atoms with E-state index in [1.807, 2.05) is 0 Å². The van der Waals surface area contributed by atoms with Crippen LogP contribution in [0.4, 0.5) is 14.5 Å². The van der Waals surface area contributed by atoms with E-state index in [1.165, 1.54) is 0 Å². The van der Waals surface area contributed by atoms with E-state index in [4.69, 9.17) is 11.6 Å². The van der Waals surface area contributed by atoms with Gasteiger partial charge in [0, 0.05) is 12.1 Å². The average Bonchev–Trinajstić information content (AvgIpc) is 2.71. The van der Waals surface area contributed by atoms with Crippen LogP contribution in [0.25, 0.3) is 0 Å². The first kappa shape index (κ1) is 12.6. The van der Waals surface area contributed by atoms with E-state index in [0.717, 1.165) is 37.8 Å². The van der Waals surface area contributed by atoms with Crippen molar-refractivity contribution in [2.75, 3.05) is 5.32 Å². The molecule has 0 aromatic heterocycles. The van der Waals surface area contributed by atoms with Gasteiger partial charge in [-0.05, 0) is 31.2 Å². The molecule has 1 N–H and O–H groups in total. The van der Waals surface area contributed by atoms with Crippen LogP contribution in [0.3, 0.4) is 0 Å². The maximum absolute atomic E-state index is 13.6. The summed E-state index contributed by atoms with van der Waals surface area (Å²) in [5.74, 6) is -0.555. The molecular formula is C13H16ClF2N. The van der Waals surface area contributed by atoms with E-state index in [-0.39, 0.29) is 16.8 Å². The molecule has 0 saturated heterocycles. The molecule has 1 aliphatic carbocycles. The van der Waals surface area contributed by atoms with Crippen molar-refractivity contribution in [3.05, 3.63) is 28.8 Å². The van der Waals surface area contributed by atoms with Crippen LogP contribution < -0.4 is 5.32 Å². The summed E-state index contributed by atoms with van der Waals surface area (Å²) in [6.07, 6.45) is 4.36. The highest BCUT2D eigenvalue weighted by atomic mass is 35.5. The summed E-state index contributed by atoms with van der Waals surface area (Å²) in [4.78, 5) is 0. The van der Waals surface area contributed by atoms with E-state index < -0.39 is 11.6 Å². The minimum absolute atomic E-state index is 0.113. The maximum Gasteiger partial charge on any atom is 0.150 e. The van der Waals surface area contributed by atoms with Crippen LogP contribution in [0, 0.1) is 17.6 Å². The second kappa shape index (κ2) is 5.21. The predicted molar refractivity (Wildman–Crippen MR) is 66.4 cm³/mol. The lowest BCUT2D eigenvalue weighted by molar-refractivity contribution is 0.524. The smallest absolute Gasteiger partial charge is 0.150 e. The van der Waals surface area contributed by atoms with E-state index in [9.17, 15) is 8.78 Å². The molecule has 0 spiro atoms. The maximum atomic E-state index is 13.6. The first-order valence-corrected chi connectivity index (χ1v) is 6.39. The molecule has 1 nitrogen and oxygen atoms in total. The molecule has 2 rings (SSSR count). The second-order valence-corrected chi connectivity index (χ2v) is 5.08. The highest BCUT2D eigenvalue weighted by Crippen LogP contribution is 2.33. The Morgan fingerprint density at radius 2 is 2.12 bits per heavy atom. The summed E-state index contributed by atoms with van der Waals surface area (Å²) in [5.41, 5.74) is 0.231. The Bertz CT molecular complexity index is 385. The van der Waals surface area contributed by atoms with Crippen molar-refractivity contribution in [2.24, 2.45) is 5.92 Å². The topological polar surface area (TPSA) is 12.0 Å². The summed E-state index contributed by atoms with van der Waals surface area (Å²) in [6, 6.07) is 2.25. The fraction of sp³-hybridized carbons (Fsp3) is 0.538. The van der Waals surface area contributed by atoms with Crippen LogP contribution in [0.2, 0.25) is 5.02 Å². The van der Waals surface area contributed by atoms with E-state index in [2.05, 4.69) is 12.2 Å². The third-order valence-electron chi connectivity index (χ3n) is 3.47. The summed E-state index contributed by atoms with van der Waals surface area (Å²) < 4.78 is 26.4. The Hall–Kier alpha value is -0.830. The van der Waals surface area contributed by atoms with Gasteiger partial charge in [0.1, 0.15) is 5.82 Å². The molecule has 17 heavy (non-hydrogen) atoms. The minimum atomic E-state index is -0.643. The highest BCUT2D eigenvalue weighted by molar-refractivity contribution is 6.33. The zero-order chi connectivity index (χ0) is 12.4. The number of anilines is 1. The van der Waals surface area contributed by atoms with Gasteiger partial charge in [0.25, 0.3) is 0 Å². The predicted octanol–water partition coefficient (Wildman–Crippen LogP) is 4.61. The quantitative estimate of drug-likeness (QED) is 0.836. The van der Waals surface area contributed by atoms with Crippen LogP contribution in [0.5, 0.6) is 0 Å². The van der Waals surface area contributed by atoms with Crippen molar-refractivity contribution in [3.8, 4) is 0 Å². The summed E-state index contributed by atoms with van der Waals surface area (Å²) >= 11 is 5.84. The number of halogens is 3. The molecule has 1 aliphatic rings. The molecule has 0 amide bonds. The Morgan fingerprint density at radius 1 is 1.35 bits per heavy atom. The van der Waals surface area contributed by atoms with Crippen molar-refractivity contribution >= 4 is 17.3 Å². The van der Waals surface area contributed by atoms with E-state index in [1.54, 1.807) is 0 Å². The normalized spacial score (nSPS) is 24.0. The van der Waals surface area contributed by atoms with Gasteiger partial charge in [-0.15, -0.1) is 0 Å². The van der Waals surface area contributed by atoms with E-state index in [0.29, 0.717) is 5.92 Å². The minimum Gasteiger partial charge on any atom is -0.379 e. The lowest BCUT2D eigenvalue weighted by Crippen LogP contribution is -2.17. The number of hydrogen-bond donors (Lipinski definition) is 1. The van der Waals surface area contributed by atoms with Crippen molar-refractivity contribution in [1.82, 2.24) is 0 Å². The van der Waals surface area contributed by atoms with Crippen LogP contribution in [0.1, 0.15) is 32.6 Å². The van der Waals surface area contributed by atoms with E-state index >= 15 is 0 Å². The van der Waals surface area contributed by atoms with Crippen LogP contribution in [0.15, 0.2) is 12.1 Å². The Morgan fingerprint density at radius 3 is 2.71 bits per heavy atom. The monoisotopic (exact) mass is 259 g/mol.